The third-order valence-electron chi connectivity index (χ3n) is 6.45. The topological polar surface area (TPSA) is 41.6 Å². The minimum Gasteiger partial charge on any atom is -0.399 e. The molecule has 0 radical (unpaired) electrons. The number of carbonyl (C=O) groups is 1. The van der Waals surface area contributed by atoms with Gasteiger partial charge in [-0.25, -0.2) is 4.79 Å². The number of rotatable bonds is 7. The monoisotopic (exact) mass is 436 g/mol. The van der Waals surface area contributed by atoms with E-state index in [4.69, 9.17) is 4.74 Å². The van der Waals surface area contributed by atoms with Crippen LogP contribution in [0, 0.1) is 11.8 Å². The molecular formula is C26H32N2O2S. The Hall–Kier alpha value is -2.37. The van der Waals surface area contributed by atoms with Gasteiger partial charge >= 0.3 is 6.09 Å². The van der Waals surface area contributed by atoms with Crippen molar-refractivity contribution in [2.45, 2.75) is 38.1 Å². The molecule has 1 fully saturated rings. The van der Waals surface area contributed by atoms with Gasteiger partial charge in [0.15, 0.2) is 5.06 Å². The van der Waals surface area contributed by atoms with Crippen LogP contribution in [0.15, 0.2) is 60.7 Å². The lowest BCUT2D eigenvalue weighted by Crippen LogP contribution is -2.32. The number of carbonyl (C=O) groups excluding carboxylic acids is 1. The summed E-state index contributed by atoms with van der Waals surface area (Å²) in [6, 6.07) is 21.4. The summed E-state index contributed by atoms with van der Waals surface area (Å²) in [5.74, 6) is 1.37. The molecule has 31 heavy (non-hydrogen) atoms. The minimum atomic E-state index is -0.350. The van der Waals surface area contributed by atoms with Crippen LogP contribution < -0.4 is 10.1 Å². The highest BCUT2D eigenvalue weighted by Crippen LogP contribution is 2.40. The molecule has 1 amide bonds. The molecule has 164 valence electrons. The summed E-state index contributed by atoms with van der Waals surface area (Å²) in [6.45, 7) is 0.675. The van der Waals surface area contributed by atoms with Crippen LogP contribution in [0.25, 0.3) is 10.1 Å². The van der Waals surface area contributed by atoms with Crippen molar-refractivity contribution in [3.63, 3.8) is 0 Å². The van der Waals surface area contributed by atoms with E-state index >= 15 is 0 Å². The Kier molecular flexibility index (Phi) is 7.25. The summed E-state index contributed by atoms with van der Waals surface area (Å²) >= 11 is 1.50. The maximum atomic E-state index is 12.2. The lowest BCUT2D eigenvalue weighted by Gasteiger charge is -2.37. The molecular weight excluding hydrogens is 404 g/mol. The fourth-order valence-corrected chi connectivity index (χ4v) is 5.86. The van der Waals surface area contributed by atoms with Crippen LogP contribution in [0.2, 0.25) is 0 Å². The van der Waals surface area contributed by atoms with Crippen molar-refractivity contribution in [1.82, 2.24) is 10.2 Å². The Morgan fingerprint density at radius 1 is 1.06 bits per heavy atom. The van der Waals surface area contributed by atoms with Gasteiger partial charge < -0.3 is 15.0 Å². The van der Waals surface area contributed by atoms with E-state index in [9.17, 15) is 4.79 Å². The number of amides is 1. The Balaban J connectivity index is 1.20. The molecule has 4 nitrogen and oxygen atoms in total. The molecule has 0 spiro atoms. The zero-order valence-corrected chi connectivity index (χ0v) is 19.2. The Morgan fingerprint density at radius 3 is 2.48 bits per heavy atom. The second-order valence-electron chi connectivity index (χ2n) is 8.81. The SMILES string of the molecule is CN(C)C(c1ccccc1)C1CCC(CCNC(=O)Oc2cc3ccccc3s2)CC1. The average Bonchev–Trinajstić information content (AvgIpc) is 3.18. The Labute approximate surface area is 189 Å². The lowest BCUT2D eigenvalue weighted by molar-refractivity contribution is 0.146. The van der Waals surface area contributed by atoms with Crippen LogP contribution >= 0.6 is 11.3 Å². The molecule has 0 saturated heterocycles. The first kappa shape index (κ1) is 21.8. The number of benzene rings is 2. The summed E-state index contributed by atoms with van der Waals surface area (Å²) in [4.78, 5) is 14.5. The third kappa shape index (κ3) is 5.66. The van der Waals surface area contributed by atoms with Crippen molar-refractivity contribution < 1.29 is 9.53 Å². The molecule has 1 aliphatic rings. The molecule has 5 heteroatoms. The van der Waals surface area contributed by atoms with Gasteiger partial charge in [-0.3, -0.25) is 0 Å². The van der Waals surface area contributed by atoms with Crippen LogP contribution in [0.5, 0.6) is 5.06 Å². The van der Waals surface area contributed by atoms with Gasteiger partial charge in [0.05, 0.1) is 0 Å². The quantitative estimate of drug-likeness (QED) is 0.460. The molecule has 2 aromatic carbocycles. The zero-order chi connectivity index (χ0) is 21.6. The Morgan fingerprint density at radius 2 is 1.77 bits per heavy atom. The van der Waals surface area contributed by atoms with Gasteiger partial charge in [0.2, 0.25) is 0 Å². The molecule has 1 atom stereocenters. The predicted molar refractivity (Wildman–Crippen MR) is 129 cm³/mol. The summed E-state index contributed by atoms with van der Waals surface area (Å²) < 4.78 is 6.61. The van der Waals surface area contributed by atoms with E-state index < -0.39 is 0 Å². The largest absolute Gasteiger partial charge is 0.413 e. The third-order valence-corrected chi connectivity index (χ3v) is 7.45. The van der Waals surface area contributed by atoms with Gasteiger partial charge in [0, 0.05) is 23.4 Å². The van der Waals surface area contributed by atoms with Gasteiger partial charge in [-0.1, -0.05) is 72.7 Å². The van der Waals surface area contributed by atoms with Crippen LogP contribution in [-0.4, -0.2) is 31.6 Å². The highest BCUT2D eigenvalue weighted by Gasteiger charge is 2.29. The molecule has 4 rings (SSSR count). The van der Waals surface area contributed by atoms with Gasteiger partial charge in [0.25, 0.3) is 0 Å². The highest BCUT2D eigenvalue weighted by atomic mass is 32.1. The van der Waals surface area contributed by atoms with Crippen molar-refractivity contribution in [2.75, 3.05) is 20.6 Å². The van der Waals surface area contributed by atoms with Crippen molar-refractivity contribution >= 4 is 27.5 Å². The van der Waals surface area contributed by atoms with Crippen molar-refractivity contribution in [2.24, 2.45) is 11.8 Å². The maximum absolute atomic E-state index is 12.2. The first-order valence-corrected chi connectivity index (χ1v) is 12.1. The summed E-state index contributed by atoms with van der Waals surface area (Å²) in [6.07, 6.45) is 5.62. The number of ether oxygens (including phenoxy) is 1. The van der Waals surface area contributed by atoms with Crippen LogP contribution in [-0.2, 0) is 0 Å². The predicted octanol–water partition coefficient (Wildman–Crippen LogP) is 6.49. The molecule has 0 aliphatic heterocycles. The first-order chi connectivity index (χ1) is 15.1. The molecule has 3 aromatic rings. The number of hydrogen-bond acceptors (Lipinski definition) is 4. The zero-order valence-electron chi connectivity index (χ0n) is 18.4. The molecule has 1 aromatic heterocycles. The van der Waals surface area contributed by atoms with E-state index in [-0.39, 0.29) is 6.09 Å². The molecule has 1 saturated carbocycles. The van der Waals surface area contributed by atoms with Crippen molar-refractivity contribution in [3.8, 4) is 5.06 Å². The van der Waals surface area contributed by atoms with Gasteiger partial charge in [0.1, 0.15) is 0 Å². The number of nitrogens with zero attached hydrogens (tertiary/aromatic N) is 1. The van der Waals surface area contributed by atoms with E-state index in [0.717, 1.165) is 16.5 Å². The highest BCUT2D eigenvalue weighted by molar-refractivity contribution is 7.20. The average molecular weight is 437 g/mol. The fourth-order valence-electron chi connectivity index (χ4n) is 4.95. The van der Waals surface area contributed by atoms with E-state index in [1.54, 1.807) is 0 Å². The minimum absolute atomic E-state index is 0.350. The van der Waals surface area contributed by atoms with E-state index in [1.807, 2.05) is 30.3 Å². The van der Waals surface area contributed by atoms with E-state index in [1.165, 1.54) is 42.6 Å². The lowest BCUT2D eigenvalue weighted by atomic mass is 9.75. The number of fused-ring (bicyclic) bond motifs is 1. The molecule has 0 bridgehead atoms. The van der Waals surface area contributed by atoms with Gasteiger partial charge in [-0.15, -0.1) is 0 Å². The second-order valence-corrected chi connectivity index (χ2v) is 9.85. The first-order valence-electron chi connectivity index (χ1n) is 11.3. The standard InChI is InChI=1S/C26H32N2O2S/c1-28(2)25(20-8-4-3-5-9-20)21-14-12-19(13-15-21)16-17-27-26(29)30-24-18-22-10-6-7-11-23(22)31-24/h3-11,18-19,21,25H,12-17H2,1-2H3,(H,27,29). The van der Waals surface area contributed by atoms with Gasteiger partial charge in [-0.05, 0) is 62.2 Å². The number of thiophene rings is 1. The van der Waals surface area contributed by atoms with E-state index in [2.05, 4.69) is 54.6 Å². The molecule has 1 unspecified atom stereocenters. The number of nitrogens with one attached hydrogen (secondary N) is 1. The van der Waals surface area contributed by atoms with Crippen LogP contribution in [0.3, 0.4) is 0 Å². The smallest absolute Gasteiger partial charge is 0.399 e. The molecule has 1 aliphatic carbocycles. The summed E-state index contributed by atoms with van der Waals surface area (Å²) in [5.41, 5.74) is 1.42. The number of hydrogen-bond donors (Lipinski definition) is 1. The molecule has 1 heterocycles. The Bertz CT molecular complexity index is 944. The normalized spacial score (nSPS) is 20.0. The maximum Gasteiger partial charge on any atom is 0.413 e. The van der Waals surface area contributed by atoms with Crippen LogP contribution in [0.1, 0.15) is 43.7 Å². The van der Waals surface area contributed by atoms with Gasteiger partial charge in [-0.2, -0.15) is 0 Å². The second kappa shape index (κ2) is 10.3. The van der Waals surface area contributed by atoms with Crippen LogP contribution in [0.4, 0.5) is 4.79 Å². The summed E-state index contributed by atoms with van der Waals surface area (Å²) in [7, 11) is 4.38. The summed E-state index contributed by atoms with van der Waals surface area (Å²) in [5, 5.41) is 4.70. The van der Waals surface area contributed by atoms with Crippen molar-refractivity contribution in [3.05, 3.63) is 66.2 Å². The fraction of sp³-hybridized carbons (Fsp3) is 0.423. The van der Waals surface area contributed by atoms with E-state index in [0.29, 0.717) is 29.5 Å². The molecule has 1 N–H and O–H groups in total. The van der Waals surface area contributed by atoms with Crippen molar-refractivity contribution in [1.29, 1.82) is 0 Å².